The second kappa shape index (κ2) is 5.00. The van der Waals surface area contributed by atoms with E-state index in [2.05, 4.69) is 35.7 Å². The van der Waals surface area contributed by atoms with Crippen molar-refractivity contribution in [3.63, 3.8) is 0 Å². The van der Waals surface area contributed by atoms with Crippen molar-refractivity contribution in [2.24, 2.45) is 5.92 Å². The zero-order valence-electron chi connectivity index (χ0n) is 11.1. The third kappa shape index (κ3) is 2.33. The van der Waals surface area contributed by atoms with Crippen LogP contribution < -0.4 is 5.32 Å². The van der Waals surface area contributed by atoms with E-state index in [1.807, 2.05) is 6.08 Å². The first kappa shape index (κ1) is 12.2. The van der Waals surface area contributed by atoms with E-state index >= 15 is 0 Å². The monoisotopic (exact) mass is 257 g/mol. The zero-order chi connectivity index (χ0) is 13.2. The van der Waals surface area contributed by atoms with E-state index < -0.39 is 0 Å². The number of fused-ring (bicyclic) bond motifs is 1. The van der Waals surface area contributed by atoms with Crippen molar-refractivity contribution in [3.8, 4) is 0 Å². The van der Waals surface area contributed by atoms with Gasteiger partial charge in [0.1, 0.15) is 5.76 Å². The highest BCUT2D eigenvalue weighted by Crippen LogP contribution is 2.32. The SMILES string of the molecule is COC1=CC2NC(C3C=CC=CC3)=CC(O)=C2CC1. The predicted molar refractivity (Wildman–Crippen MR) is 75.4 cm³/mol. The largest absolute Gasteiger partial charge is 0.508 e. The topological polar surface area (TPSA) is 41.5 Å². The van der Waals surface area contributed by atoms with Gasteiger partial charge < -0.3 is 15.2 Å². The summed E-state index contributed by atoms with van der Waals surface area (Å²) in [5, 5.41) is 13.7. The molecule has 19 heavy (non-hydrogen) atoms. The molecule has 2 unspecified atom stereocenters. The minimum Gasteiger partial charge on any atom is -0.508 e. The highest BCUT2D eigenvalue weighted by atomic mass is 16.5. The molecule has 0 fully saturated rings. The minimum atomic E-state index is 0.0722. The van der Waals surface area contributed by atoms with E-state index in [1.165, 1.54) is 0 Å². The number of allylic oxidation sites excluding steroid dienone is 6. The Morgan fingerprint density at radius 2 is 2.21 bits per heavy atom. The molecule has 100 valence electrons. The van der Waals surface area contributed by atoms with Gasteiger partial charge in [-0.15, -0.1) is 0 Å². The number of hydrogen-bond acceptors (Lipinski definition) is 3. The van der Waals surface area contributed by atoms with Crippen LogP contribution in [0.3, 0.4) is 0 Å². The van der Waals surface area contributed by atoms with Gasteiger partial charge in [-0.2, -0.15) is 0 Å². The molecule has 3 aliphatic rings. The van der Waals surface area contributed by atoms with Gasteiger partial charge in [0.2, 0.25) is 0 Å². The lowest BCUT2D eigenvalue weighted by Crippen LogP contribution is -2.37. The van der Waals surface area contributed by atoms with Crippen LogP contribution in [0.5, 0.6) is 0 Å². The number of methoxy groups -OCH3 is 1. The van der Waals surface area contributed by atoms with E-state index in [9.17, 15) is 5.11 Å². The summed E-state index contributed by atoms with van der Waals surface area (Å²) in [6.07, 6.45) is 15.1. The summed E-state index contributed by atoms with van der Waals surface area (Å²) in [4.78, 5) is 0. The number of ether oxygens (including phenoxy) is 1. The van der Waals surface area contributed by atoms with Gasteiger partial charge in [-0.05, 0) is 30.6 Å². The summed E-state index contributed by atoms with van der Waals surface area (Å²) in [7, 11) is 1.70. The molecule has 3 rings (SSSR count). The Labute approximate surface area is 113 Å². The van der Waals surface area contributed by atoms with E-state index in [0.29, 0.717) is 11.7 Å². The number of nitrogens with one attached hydrogen (secondary N) is 1. The molecule has 3 heteroatoms. The average Bonchev–Trinajstić information content (AvgIpc) is 2.47. The zero-order valence-corrected chi connectivity index (χ0v) is 11.1. The maximum Gasteiger partial charge on any atom is 0.118 e. The average molecular weight is 257 g/mol. The van der Waals surface area contributed by atoms with Gasteiger partial charge >= 0.3 is 0 Å². The Morgan fingerprint density at radius 3 is 2.95 bits per heavy atom. The van der Waals surface area contributed by atoms with Crippen LogP contribution in [0.15, 0.2) is 59.2 Å². The molecule has 0 saturated carbocycles. The molecule has 0 bridgehead atoms. The fourth-order valence-corrected chi connectivity index (χ4v) is 2.86. The fraction of sp³-hybridized carbons (Fsp3) is 0.375. The minimum absolute atomic E-state index is 0.0722. The summed E-state index contributed by atoms with van der Waals surface area (Å²) in [5.41, 5.74) is 2.15. The van der Waals surface area contributed by atoms with Gasteiger partial charge in [0.15, 0.2) is 0 Å². The van der Waals surface area contributed by atoms with E-state index in [4.69, 9.17) is 4.74 Å². The van der Waals surface area contributed by atoms with Gasteiger partial charge in [0, 0.05) is 18.0 Å². The van der Waals surface area contributed by atoms with Crippen LogP contribution >= 0.6 is 0 Å². The normalized spacial score (nSPS) is 29.3. The lowest BCUT2D eigenvalue weighted by Gasteiger charge is -2.32. The first-order chi connectivity index (χ1) is 9.28. The maximum absolute atomic E-state index is 10.2. The molecule has 0 radical (unpaired) electrons. The third-order valence-corrected chi connectivity index (χ3v) is 3.95. The molecule has 0 spiro atoms. The lowest BCUT2D eigenvalue weighted by molar-refractivity contribution is 0.266. The fourth-order valence-electron chi connectivity index (χ4n) is 2.86. The van der Waals surface area contributed by atoms with E-state index in [0.717, 1.165) is 36.3 Å². The molecule has 3 nitrogen and oxygen atoms in total. The van der Waals surface area contributed by atoms with Crippen LogP contribution in [-0.4, -0.2) is 18.3 Å². The molecule has 2 aliphatic carbocycles. The number of dihydropyridines is 1. The quantitative estimate of drug-likeness (QED) is 0.798. The number of aliphatic hydroxyl groups excluding tert-OH is 1. The summed E-state index contributed by atoms with van der Waals surface area (Å²) in [5.74, 6) is 1.75. The van der Waals surface area contributed by atoms with Gasteiger partial charge in [0.25, 0.3) is 0 Å². The molecular formula is C16H19NO2. The van der Waals surface area contributed by atoms with Crippen molar-refractivity contribution in [1.29, 1.82) is 0 Å². The summed E-state index contributed by atoms with van der Waals surface area (Å²) < 4.78 is 5.33. The highest BCUT2D eigenvalue weighted by molar-refractivity contribution is 5.40. The standard InChI is InChI=1S/C16H19NO2/c1-19-12-7-8-13-15(9-12)17-14(10-16(13)18)11-5-3-2-4-6-11/h2-5,9-11,15,17-18H,6-8H2,1H3. The molecule has 2 atom stereocenters. The van der Waals surface area contributed by atoms with Crippen LogP contribution in [0.2, 0.25) is 0 Å². The van der Waals surface area contributed by atoms with Gasteiger partial charge in [-0.25, -0.2) is 0 Å². The Hall–Kier alpha value is -1.90. The molecule has 0 saturated heterocycles. The molecule has 1 heterocycles. The smallest absolute Gasteiger partial charge is 0.118 e. The van der Waals surface area contributed by atoms with E-state index in [-0.39, 0.29) is 6.04 Å². The van der Waals surface area contributed by atoms with Crippen molar-refractivity contribution >= 4 is 0 Å². The van der Waals surface area contributed by atoms with Gasteiger partial charge in [-0.3, -0.25) is 0 Å². The van der Waals surface area contributed by atoms with Crippen molar-refractivity contribution in [1.82, 2.24) is 5.32 Å². The molecule has 0 aromatic carbocycles. The van der Waals surface area contributed by atoms with E-state index in [1.54, 1.807) is 7.11 Å². The Balaban J connectivity index is 1.87. The Bertz CT molecular complexity index is 523. The lowest BCUT2D eigenvalue weighted by atomic mass is 9.87. The highest BCUT2D eigenvalue weighted by Gasteiger charge is 2.28. The summed E-state index contributed by atoms with van der Waals surface area (Å²) in [6.45, 7) is 0. The Morgan fingerprint density at radius 1 is 1.32 bits per heavy atom. The van der Waals surface area contributed by atoms with Crippen molar-refractivity contribution < 1.29 is 9.84 Å². The molecule has 0 amide bonds. The number of aliphatic hydroxyl groups is 1. The summed E-state index contributed by atoms with van der Waals surface area (Å²) in [6, 6.07) is 0.0722. The number of hydrogen-bond donors (Lipinski definition) is 2. The van der Waals surface area contributed by atoms with Crippen LogP contribution in [0.1, 0.15) is 19.3 Å². The maximum atomic E-state index is 10.2. The molecule has 1 aliphatic heterocycles. The molecule has 0 aromatic rings. The number of rotatable bonds is 2. The molecule has 0 aromatic heterocycles. The van der Waals surface area contributed by atoms with Crippen LogP contribution in [0.25, 0.3) is 0 Å². The second-order valence-corrected chi connectivity index (χ2v) is 5.12. The van der Waals surface area contributed by atoms with Crippen molar-refractivity contribution in [2.45, 2.75) is 25.3 Å². The molecule has 2 N–H and O–H groups in total. The molecular weight excluding hydrogens is 238 g/mol. The first-order valence-corrected chi connectivity index (χ1v) is 6.76. The third-order valence-electron chi connectivity index (χ3n) is 3.95. The Kier molecular flexibility index (Phi) is 3.20. The summed E-state index contributed by atoms with van der Waals surface area (Å²) >= 11 is 0. The first-order valence-electron chi connectivity index (χ1n) is 6.76. The second-order valence-electron chi connectivity index (χ2n) is 5.12. The van der Waals surface area contributed by atoms with Crippen LogP contribution in [0.4, 0.5) is 0 Å². The van der Waals surface area contributed by atoms with Crippen LogP contribution in [-0.2, 0) is 4.74 Å². The van der Waals surface area contributed by atoms with Crippen molar-refractivity contribution in [2.75, 3.05) is 7.11 Å². The van der Waals surface area contributed by atoms with Gasteiger partial charge in [0.05, 0.1) is 18.9 Å². The van der Waals surface area contributed by atoms with Crippen LogP contribution in [0, 0.1) is 5.92 Å². The predicted octanol–water partition coefficient (Wildman–Crippen LogP) is 3.11. The van der Waals surface area contributed by atoms with Crippen molar-refractivity contribution in [3.05, 3.63) is 59.2 Å². The van der Waals surface area contributed by atoms with Gasteiger partial charge in [-0.1, -0.05) is 24.3 Å².